The first-order valence-electron chi connectivity index (χ1n) is 12.3. The predicted octanol–water partition coefficient (Wildman–Crippen LogP) is 2.79. The molecule has 1 saturated heterocycles. The Bertz CT molecular complexity index is 1200. The van der Waals surface area contributed by atoms with E-state index in [0.29, 0.717) is 43.0 Å². The SMILES string of the molecule is CCN(CC)C(=O)[C@@H](NC(=O)c1ccc2c(c1)OCO2)C1CCN(S(=O)(=O)c2ccc(C)cc2)CC1. The third-order valence-electron chi connectivity index (χ3n) is 6.89. The smallest absolute Gasteiger partial charge is 0.252 e. The molecule has 0 bridgehead atoms. The van der Waals surface area contributed by atoms with Gasteiger partial charge in [0.1, 0.15) is 6.04 Å². The summed E-state index contributed by atoms with van der Waals surface area (Å²) in [6, 6.07) is 11.0. The van der Waals surface area contributed by atoms with Crippen molar-refractivity contribution < 1.29 is 27.5 Å². The van der Waals surface area contributed by atoms with Gasteiger partial charge in [0, 0.05) is 31.7 Å². The zero-order valence-corrected chi connectivity index (χ0v) is 21.7. The highest BCUT2D eigenvalue weighted by molar-refractivity contribution is 7.89. The number of nitrogens with zero attached hydrogens (tertiary/aromatic N) is 2. The molecule has 0 aromatic heterocycles. The molecule has 0 saturated carbocycles. The summed E-state index contributed by atoms with van der Waals surface area (Å²) < 4.78 is 38.4. The van der Waals surface area contributed by atoms with Crippen molar-refractivity contribution in [2.75, 3.05) is 33.0 Å². The summed E-state index contributed by atoms with van der Waals surface area (Å²) in [6.45, 7) is 7.41. The zero-order valence-electron chi connectivity index (χ0n) is 20.9. The van der Waals surface area contributed by atoms with Crippen molar-refractivity contribution in [3.8, 4) is 11.5 Å². The normalized spacial score (nSPS) is 17.0. The topological polar surface area (TPSA) is 105 Å². The molecule has 0 radical (unpaired) electrons. The minimum absolute atomic E-state index is 0.105. The van der Waals surface area contributed by atoms with Crippen LogP contribution in [0.3, 0.4) is 0 Å². The van der Waals surface area contributed by atoms with Crippen LogP contribution >= 0.6 is 0 Å². The maximum atomic E-state index is 13.4. The van der Waals surface area contributed by atoms with Crippen LogP contribution in [-0.4, -0.2) is 68.5 Å². The van der Waals surface area contributed by atoms with Crippen LogP contribution in [0, 0.1) is 12.8 Å². The van der Waals surface area contributed by atoms with Crippen molar-refractivity contribution in [3.05, 3.63) is 53.6 Å². The van der Waals surface area contributed by atoms with E-state index < -0.39 is 16.1 Å². The summed E-state index contributed by atoms with van der Waals surface area (Å²) in [4.78, 5) is 28.5. The number of amides is 2. The number of aryl methyl sites for hydroxylation is 1. The fourth-order valence-electron chi connectivity index (χ4n) is 4.68. The number of likely N-dealkylation sites (N-methyl/N-ethyl adjacent to an activating group) is 1. The van der Waals surface area contributed by atoms with Gasteiger partial charge < -0.3 is 19.7 Å². The fraction of sp³-hybridized carbons (Fsp3) is 0.462. The Morgan fingerprint density at radius 2 is 1.67 bits per heavy atom. The first kappa shape index (κ1) is 26.0. The molecule has 1 fully saturated rings. The van der Waals surface area contributed by atoms with Crippen LogP contribution in [0.2, 0.25) is 0 Å². The highest BCUT2D eigenvalue weighted by atomic mass is 32.2. The number of nitrogens with one attached hydrogen (secondary N) is 1. The van der Waals surface area contributed by atoms with Gasteiger partial charge in [-0.1, -0.05) is 17.7 Å². The maximum absolute atomic E-state index is 13.4. The average Bonchev–Trinajstić information content (AvgIpc) is 3.36. The third kappa shape index (κ3) is 5.34. The number of carbonyl (C=O) groups is 2. The van der Waals surface area contributed by atoms with E-state index in [4.69, 9.17) is 9.47 Å². The van der Waals surface area contributed by atoms with Crippen LogP contribution in [0.5, 0.6) is 11.5 Å². The van der Waals surface area contributed by atoms with Crippen molar-refractivity contribution >= 4 is 21.8 Å². The molecule has 2 aromatic carbocycles. The van der Waals surface area contributed by atoms with Crippen molar-refractivity contribution in [2.45, 2.75) is 44.6 Å². The Morgan fingerprint density at radius 1 is 1.03 bits per heavy atom. The highest BCUT2D eigenvalue weighted by Crippen LogP contribution is 2.33. The highest BCUT2D eigenvalue weighted by Gasteiger charge is 2.37. The largest absolute Gasteiger partial charge is 0.454 e. The van der Waals surface area contributed by atoms with E-state index in [-0.39, 0.29) is 42.5 Å². The monoisotopic (exact) mass is 515 g/mol. The summed E-state index contributed by atoms with van der Waals surface area (Å²) in [6.07, 6.45) is 0.925. The number of piperidine rings is 1. The lowest BCUT2D eigenvalue weighted by Gasteiger charge is -2.37. The molecule has 2 amide bonds. The average molecular weight is 516 g/mol. The quantitative estimate of drug-likeness (QED) is 0.580. The number of rotatable bonds is 8. The van der Waals surface area contributed by atoms with Gasteiger partial charge in [-0.25, -0.2) is 8.42 Å². The summed E-state index contributed by atoms with van der Waals surface area (Å²) in [5.41, 5.74) is 1.36. The molecular formula is C26H33N3O6S. The molecule has 0 spiro atoms. The Balaban J connectivity index is 1.50. The molecule has 0 aliphatic carbocycles. The molecule has 4 rings (SSSR count). The maximum Gasteiger partial charge on any atom is 0.252 e. The Morgan fingerprint density at radius 3 is 2.31 bits per heavy atom. The molecule has 36 heavy (non-hydrogen) atoms. The van der Waals surface area contributed by atoms with Gasteiger partial charge in [-0.2, -0.15) is 4.31 Å². The standard InChI is InChI=1S/C26H33N3O6S/c1-4-28(5-2)26(31)24(27-25(30)20-8-11-22-23(16-20)35-17-34-22)19-12-14-29(15-13-19)36(32,33)21-9-6-18(3)7-10-21/h6-11,16,19,24H,4-5,12-15,17H2,1-3H3,(H,27,30)/t24-/m0/s1. The number of sulfonamides is 1. The number of benzene rings is 2. The Labute approximate surface area is 212 Å². The van der Waals surface area contributed by atoms with E-state index in [1.807, 2.05) is 20.8 Å². The fourth-order valence-corrected chi connectivity index (χ4v) is 6.15. The van der Waals surface area contributed by atoms with Crippen LogP contribution in [0.1, 0.15) is 42.6 Å². The number of hydrogen-bond donors (Lipinski definition) is 1. The lowest BCUT2D eigenvalue weighted by molar-refractivity contribution is -0.134. The Hall–Kier alpha value is -3.11. The minimum atomic E-state index is -3.62. The lowest BCUT2D eigenvalue weighted by Crippen LogP contribution is -2.54. The van der Waals surface area contributed by atoms with Crippen molar-refractivity contribution in [1.29, 1.82) is 0 Å². The van der Waals surface area contributed by atoms with Gasteiger partial charge in [-0.3, -0.25) is 9.59 Å². The van der Waals surface area contributed by atoms with Gasteiger partial charge in [0.15, 0.2) is 11.5 Å². The molecule has 1 atom stereocenters. The predicted molar refractivity (Wildman–Crippen MR) is 134 cm³/mol. The second-order valence-corrected chi connectivity index (χ2v) is 11.0. The van der Waals surface area contributed by atoms with E-state index >= 15 is 0 Å². The summed E-state index contributed by atoms with van der Waals surface area (Å²) >= 11 is 0. The summed E-state index contributed by atoms with van der Waals surface area (Å²) in [7, 11) is -3.62. The molecule has 1 N–H and O–H groups in total. The van der Waals surface area contributed by atoms with Gasteiger partial charge in [0.2, 0.25) is 22.7 Å². The van der Waals surface area contributed by atoms with E-state index in [0.717, 1.165) is 5.56 Å². The van der Waals surface area contributed by atoms with Crippen LogP contribution in [0.4, 0.5) is 0 Å². The summed E-state index contributed by atoms with van der Waals surface area (Å²) in [5.74, 6) is 0.330. The van der Waals surface area contributed by atoms with Crippen LogP contribution in [0.15, 0.2) is 47.4 Å². The molecule has 10 heteroatoms. The van der Waals surface area contributed by atoms with Crippen molar-refractivity contribution in [1.82, 2.24) is 14.5 Å². The van der Waals surface area contributed by atoms with Gasteiger partial charge in [0.05, 0.1) is 4.90 Å². The van der Waals surface area contributed by atoms with E-state index in [1.165, 1.54) is 4.31 Å². The Kier molecular flexibility index (Phi) is 7.85. The van der Waals surface area contributed by atoms with Gasteiger partial charge in [0.25, 0.3) is 5.91 Å². The molecule has 2 heterocycles. The van der Waals surface area contributed by atoms with Gasteiger partial charge >= 0.3 is 0 Å². The first-order chi connectivity index (χ1) is 17.2. The second kappa shape index (κ2) is 10.9. The molecule has 2 aliphatic heterocycles. The third-order valence-corrected chi connectivity index (χ3v) is 8.80. The number of fused-ring (bicyclic) bond motifs is 1. The number of hydrogen-bond acceptors (Lipinski definition) is 6. The van der Waals surface area contributed by atoms with Gasteiger partial charge in [-0.15, -0.1) is 0 Å². The number of carbonyl (C=O) groups excluding carboxylic acids is 2. The van der Waals surface area contributed by atoms with E-state index in [2.05, 4.69) is 5.32 Å². The molecule has 0 unspecified atom stereocenters. The van der Waals surface area contributed by atoms with Crippen LogP contribution in [-0.2, 0) is 14.8 Å². The zero-order chi connectivity index (χ0) is 25.9. The number of ether oxygens (including phenoxy) is 2. The molecule has 2 aliphatic rings. The van der Waals surface area contributed by atoms with E-state index in [1.54, 1.807) is 47.4 Å². The minimum Gasteiger partial charge on any atom is -0.454 e. The molecule has 194 valence electrons. The summed E-state index contributed by atoms with van der Waals surface area (Å²) in [5, 5.41) is 2.94. The lowest BCUT2D eigenvalue weighted by atomic mass is 9.89. The molecule has 9 nitrogen and oxygen atoms in total. The first-order valence-corrected chi connectivity index (χ1v) is 13.7. The molecular weight excluding hydrogens is 482 g/mol. The molecule has 2 aromatic rings. The van der Waals surface area contributed by atoms with Crippen molar-refractivity contribution in [2.24, 2.45) is 5.92 Å². The van der Waals surface area contributed by atoms with Crippen LogP contribution in [0.25, 0.3) is 0 Å². The van der Waals surface area contributed by atoms with Crippen LogP contribution < -0.4 is 14.8 Å². The van der Waals surface area contributed by atoms with Crippen molar-refractivity contribution in [3.63, 3.8) is 0 Å². The second-order valence-electron chi connectivity index (χ2n) is 9.08. The van der Waals surface area contributed by atoms with Gasteiger partial charge in [-0.05, 0) is 69.9 Å². The van der Waals surface area contributed by atoms with E-state index in [9.17, 15) is 18.0 Å².